The van der Waals surface area contributed by atoms with Crippen LogP contribution < -0.4 is 11.1 Å². The Bertz CT molecular complexity index is 304. The lowest BCUT2D eigenvalue weighted by Gasteiger charge is -2.05. The van der Waals surface area contributed by atoms with Crippen LogP contribution in [-0.2, 0) is 0 Å². The molecule has 1 aromatic heterocycles. The number of nitrogens with two attached hydrogens (primary N) is 1. The second-order valence-electron chi connectivity index (χ2n) is 3.79. The first kappa shape index (κ1) is 10.6. The van der Waals surface area contributed by atoms with Gasteiger partial charge >= 0.3 is 0 Å². The van der Waals surface area contributed by atoms with Crippen LogP contribution in [0.2, 0.25) is 0 Å². The predicted molar refractivity (Wildman–Crippen MR) is 57.0 cm³/mol. The zero-order valence-electron chi connectivity index (χ0n) is 8.63. The highest BCUT2D eigenvalue weighted by Crippen LogP contribution is 2.04. The third-order valence-electron chi connectivity index (χ3n) is 1.96. The van der Waals surface area contributed by atoms with Gasteiger partial charge in [0.1, 0.15) is 5.69 Å². The average Bonchev–Trinajstić information content (AvgIpc) is 2.51. The number of hydrogen-bond acceptors (Lipinski definition) is 2. The number of aromatic nitrogens is 1. The van der Waals surface area contributed by atoms with Crippen molar-refractivity contribution in [1.29, 1.82) is 0 Å². The number of carbonyl (C=O) groups excluding carboxylic acids is 1. The molecule has 14 heavy (non-hydrogen) atoms. The lowest BCUT2D eigenvalue weighted by Crippen LogP contribution is -2.25. The molecule has 0 unspecified atom stereocenters. The van der Waals surface area contributed by atoms with Crippen LogP contribution in [0.5, 0.6) is 0 Å². The molecule has 0 saturated heterocycles. The van der Waals surface area contributed by atoms with Crippen LogP contribution in [0.1, 0.15) is 30.8 Å². The first-order valence-corrected chi connectivity index (χ1v) is 4.81. The topological polar surface area (TPSA) is 70.9 Å². The van der Waals surface area contributed by atoms with Gasteiger partial charge in [-0.3, -0.25) is 4.79 Å². The number of amides is 1. The van der Waals surface area contributed by atoms with E-state index in [1.807, 2.05) is 0 Å². The molecule has 1 heterocycles. The molecule has 1 aromatic rings. The number of nitrogen functional groups attached to an aromatic ring is 1. The molecule has 0 aliphatic heterocycles. The number of aromatic amines is 1. The van der Waals surface area contributed by atoms with Crippen molar-refractivity contribution in [3.63, 3.8) is 0 Å². The molecule has 0 spiro atoms. The molecule has 78 valence electrons. The molecule has 0 bridgehead atoms. The molecule has 4 nitrogen and oxygen atoms in total. The summed E-state index contributed by atoms with van der Waals surface area (Å²) in [4.78, 5) is 14.2. The fourth-order valence-electron chi connectivity index (χ4n) is 1.11. The zero-order chi connectivity index (χ0) is 10.6. The van der Waals surface area contributed by atoms with E-state index in [4.69, 9.17) is 5.73 Å². The minimum absolute atomic E-state index is 0.0950. The van der Waals surface area contributed by atoms with Gasteiger partial charge in [0, 0.05) is 18.4 Å². The van der Waals surface area contributed by atoms with Crippen molar-refractivity contribution in [3.05, 3.63) is 18.0 Å². The summed E-state index contributed by atoms with van der Waals surface area (Å²) in [6.45, 7) is 4.95. The molecule has 1 rings (SSSR count). The summed E-state index contributed by atoms with van der Waals surface area (Å²) in [5.41, 5.74) is 6.58. The maximum absolute atomic E-state index is 11.4. The Hall–Kier alpha value is -1.45. The highest BCUT2D eigenvalue weighted by Gasteiger charge is 2.06. The van der Waals surface area contributed by atoms with Crippen LogP contribution in [-0.4, -0.2) is 17.4 Å². The summed E-state index contributed by atoms with van der Waals surface area (Å²) in [7, 11) is 0. The van der Waals surface area contributed by atoms with Crippen molar-refractivity contribution in [2.75, 3.05) is 12.3 Å². The monoisotopic (exact) mass is 195 g/mol. The quantitative estimate of drug-likeness (QED) is 0.679. The molecule has 4 heteroatoms. The smallest absolute Gasteiger partial charge is 0.267 e. The van der Waals surface area contributed by atoms with Crippen LogP contribution in [0.25, 0.3) is 0 Å². The van der Waals surface area contributed by atoms with E-state index < -0.39 is 0 Å². The van der Waals surface area contributed by atoms with Crippen molar-refractivity contribution < 1.29 is 4.79 Å². The summed E-state index contributed by atoms with van der Waals surface area (Å²) >= 11 is 0. The molecule has 0 atom stereocenters. The Morgan fingerprint density at radius 3 is 2.86 bits per heavy atom. The molecule has 0 aromatic carbocycles. The maximum Gasteiger partial charge on any atom is 0.267 e. The molecule has 4 N–H and O–H groups in total. The Morgan fingerprint density at radius 1 is 1.64 bits per heavy atom. The second-order valence-corrected chi connectivity index (χ2v) is 3.79. The van der Waals surface area contributed by atoms with E-state index in [2.05, 4.69) is 24.1 Å². The highest BCUT2D eigenvalue weighted by molar-refractivity contribution is 5.93. The molecular formula is C10H17N3O. The molecule has 0 saturated carbocycles. The van der Waals surface area contributed by atoms with Gasteiger partial charge in [-0.1, -0.05) is 13.8 Å². The standard InChI is InChI=1S/C10H17N3O/c1-7(2)3-4-12-10(14)9-5-8(11)6-13-9/h5-7,13H,3-4,11H2,1-2H3,(H,12,14). The van der Waals surface area contributed by atoms with E-state index in [-0.39, 0.29) is 5.91 Å². The highest BCUT2D eigenvalue weighted by atomic mass is 16.1. The minimum Gasteiger partial charge on any atom is -0.397 e. The van der Waals surface area contributed by atoms with E-state index in [1.165, 1.54) is 0 Å². The minimum atomic E-state index is -0.0950. The van der Waals surface area contributed by atoms with E-state index in [1.54, 1.807) is 12.3 Å². The van der Waals surface area contributed by atoms with Gasteiger partial charge in [0.05, 0.1) is 0 Å². The lowest BCUT2D eigenvalue weighted by molar-refractivity contribution is 0.0947. The van der Waals surface area contributed by atoms with E-state index in [9.17, 15) is 4.79 Å². The summed E-state index contributed by atoms with van der Waals surface area (Å²) < 4.78 is 0. The van der Waals surface area contributed by atoms with Crippen molar-refractivity contribution in [2.24, 2.45) is 5.92 Å². The summed E-state index contributed by atoms with van der Waals surface area (Å²) in [5, 5.41) is 2.82. The number of rotatable bonds is 4. The van der Waals surface area contributed by atoms with E-state index in [0.717, 1.165) is 6.42 Å². The normalized spacial score (nSPS) is 10.5. The van der Waals surface area contributed by atoms with Gasteiger partial charge in [-0.2, -0.15) is 0 Å². The van der Waals surface area contributed by atoms with E-state index in [0.29, 0.717) is 23.8 Å². The average molecular weight is 195 g/mol. The van der Waals surface area contributed by atoms with Crippen LogP contribution >= 0.6 is 0 Å². The summed E-state index contributed by atoms with van der Waals surface area (Å²) in [6.07, 6.45) is 2.60. The molecule has 0 radical (unpaired) electrons. The largest absolute Gasteiger partial charge is 0.397 e. The van der Waals surface area contributed by atoms with Crippen molar-refractivity contribution >= 4 is 11.6 Å². The van der Waals surface area contributed by atoms with Gasteiger partial charge in [-0.15, -0.1) is 0 Å². The summed E-state index contributed by atoms with van der Waals surface area (Å²) in [6, 6.07) is 1.63. The Morgan fingerprint density at radius 2 is 2.36 bits per heavy atom. The van der Waals surface area contributed by atoms with Gasteiger partial charge in [0.2, 0.25) is 0 Å². The van der Waals surface area contributed by atoms with Gasteiger partial charge in [0.15, 0.2) is 0 Å². The lowest BCUT2D eigenvalue weighted by atomic mass is 10.1. The predicted octanol–water partition coefficient (Wildman–Crippen LogP) is 1.37. The number of carbonyl (C=O) groups is 1. The first-order valence-electron chi connectivity index (χ1n) is 4.81. The number of nitrogens with one attached hydrogen (secondary N) is 2. The molecule has 0 aliphatic rings. The zero-order valence-corrected chi connectivity index (χ0v) is 8.63. The first-order chi connectivity index (χ1) is 6.59. The number of H-pyrrole nitrogens is 1. The van der Waals surface area contributed by atoms with Gasteiger partial charge in [-0.25, -0.2) is 0 Å². The van der Waals surface area contributed by atoms with Crippen LogP contribution in [0.3, 0.4) is 0 Å². The van der Waals surface area contributed by atoms with Gasteiger partial charge < -0.3 is 16.0 Å². The SMILES string of the molecule is CC(C)CCNC(=O)c1cc(N)c[nH]1. The van der Waals surface area contributed by atoms with Gasteiger partial charge in [-0.05, 0) is 18.4 Å². The number of anilines is 1. The molecule has 0 aliphatic carbocycles. The van der Waals surface area contributed by atoms with Crippen LogP contribution in [0, 0.1) is 5.92 Å². The van der Waals surface area contributed by atoms with E-state index >= 15 is 0 Å². The third kappa shape index (κ3) is 3.12. The van der Waals surface area contributed by atoms with Crippen molar-refractivity contribution in [1.82, 2.24) is 10.3 Å². The Kier molecular flexibility index (Phi) is 3.56. The molecular weight excluding hydrogens is 178 g/mol. The second kappa shape index (κ2) is 4.69. The fraction of sp³-hybridized carbons (Fsp3) is 0.500. The Labute approximate surface area is 83.9 Å². The summed E-state index contributed by atoms with van der Waals surface area (Å²) in [5.74, 6) is 0.506. The van der Waals surface area contributed by atoms with Crippen molar-refractivity contribution in [3.8, 4) is 0 Å². The van der Waals surface area contributed by atoms with Crippen LogP contribution in [0.4, 0.5) is 5.69 Å². The van der Waals surface area contributed by atoms with Crippen molar-refractivity contribution in [2.45, 2.75) is 20.3 Å². The number of hydrogen-bond donors (Lipinski definition) is 3. The fourth-order valence-corrected chi connectivity index (χ4v) is 1.11. The third-order valence-corrected chi connectivity index (χ3v) is 1.96. The molecule has 0 fully saturated rings. The molecule has 1 amide bonds. The maximum atomic E-state index is 11.4. The van der Waals surface area contributed by atoms with Crippen LogP contribution in [0.15, 0.2) is 12.3 Å². The van der Waals surface area contributed by atoms with Gasteiger partial charge in [0.25, 0.3) is 5.91 Å². The Balaban J connectivity index is 2.36.